The van der Waals surface area contributed by atoms with Crippen molar-refractivity contribution >= 4 is 11.6 Å². The zero-order valence-corrected chi connectivity index (χ0v) is 10.3. The summed E-state index contributed by atoms with van der Waals surface area (Å²) in [6.07, 6.45) is 3.33. The Morgan fingerprint density at radius 1 is 1.50 bits per heavy atom. The average molecular weight is 245 g/mol. The first-order valence-electron chi connectivity index (χ1n) is 5.55. The number of nitrogen functional groups attached to an aromatic ring is 1. The number of carbonyl (C=O) groups excluding carboxylic acids is 1. The Kier molecular flexibility index (Phi) is 3.27. The first-order valence-corrected chi connectivity index (χ1v) is 5.55. The highest BCUT2D eigenvalue weighted by Crippen LogP contribution is 2.08. The van der Waals surface area contributed by atoms with Gasteiger partial charge in [-0.05, 0) is 18.6 Å². The molecule has 6 heteroatoms. The molecule has 0 aliphatic rings. The molecule has 6 nitrogen and oxygen atoms in total. The number of anilines is 1. The lowest BCUT2D eigenvalue weighted by atomic mass is 10.2. The average Bonchev–Trinajstić information content (AvgIpc) is 2.67. The van der Waals surface area contributed by atoms with Crippen molar-refractivity contribution in [2.45, 2.75) is 13.5 Å². The van der Waals surface area contributed by atoms with E-state index in [0.29, 0.717) is 12.2 Å². The zero-order chi connectivity index (χ0) is 13.1. The molecule has 18 heavy (non-hydrogen) atoms. The van der Waals surface area contributed by atoms with Crippen LogP contribution in [0.15, 0.2) is 24.5 Å². The molecule has 0 aliphatic carbocycles. The van der Waals surface area contributed by atoms with E-state index in [-0.39, 0.29) is 11.6 Å². The summed E-state index contributed by atoms with van der Waals surface area (Å²) in [5.74, 6) is -0.284. The third kappa shape index (κ3) is 2.65. The Balaban J connectivity index is 2.00. The normalized spacial score (nSPS) is 10.3. The van der Waals surface area contributed by atoms with Crippen molar-refractivity contribution in [3.63, 3.8) is 0 Å². The van der Waals surface area contributed by atoms with Crippen molar-refractivity contribution in [3.05, 3.63) is 41.5 Å². The summed E-state index contributed by atoms with van der Waals surface area (Å²) in [5.41, 5.74) is 8.17. The van der Waals surface area contributed by atoms with Gasteiger partial charge in [-0.3, -0.25) is 14.5 Å². The lowest BCUT2D eigenvalue weighted by Gasteiger charge is -2.04. The number of pyridine rings is 1. The van der Waals surface area contributed by atoms with Crippen LogP contribution in [0.3, 0.4) is 0 Å². The third-order valence-electron chi connectivity index (χ3n) is 2.50. The first-order chi connectivity index (χ1) is 8.56. The molecule has 0 atom stereocenters. The van der Waals surface area contributed by atoms with Gasteiger partial charge in [-0.2, -0.15) is 5.10 Å². The van der Waals surface area contributed by atoms with E-state index >= 15 is 0 Å². The Labute approximate surface area is 105 Å². The summed E-state index contributed by atoms with van der Waals surface area (Å²) in [6, 6.07) is 3.82. The number of hydrogen-bond acceptors (Lipinski definition) is 4. The molecule has 1 amide bonds. The standard InChI is InChI=1S/C12H15N5O/c1-8-3-4-9(5-14-8)6-15-12(18)11-10(13)7-17(2)16-11/h3-5,7H,6,13H2,1-2H3,(H,15,18). The molecule has 2 rings (SSSR count). The molecule has 0 unspecified atom stereocenters. The molecule has 2 aromatic heterocycles. The van der Waals surface area contributed by atoms with E-state index < -0.39 is 0 Å². The van der Waals surface area contributed by atoms with E-state index in [9.17, 15) is 4.79 Å². The molecule has 0 saturated heterocycles. The molecule has 3 N–H and O–H groups in total. The molecule has 0 aromatic carbocycles. The number of aromatic nitrogens is 3. The monoisotopic (exact) mass is 245 g/mol. The van der Waals surface area contributed by atoms with Crippen LogP contribution in [0.1, 0.15) is 21.7 Å². The summed E-state index contributed by atoms with van der Waals surface area (Å²) in [4.78, 5) is 16.0. The largest absolute Gasteiger partial charge is 0.396 e. The van der Waals surface area contributed by atoms with Crippen LogP contribution in [0.25, 0.3) is 0 Å². The molecule has 2 aromatic rings. The molecule has 0 radical (unpaired) electrons. The summed E-state index contributed by atoms with van der Waals surface area (Å²) < 4.78 is 1.51. The van der Waals surface area contributed by atoms with Gasteiger partial charge in [0.1, 0.15) is 0 Å². The third-order valence-corrected chi connectivity index (χ3v) is 2.50. The van der Waals surface area contributed by atoms with Crippen LogP contribution >= 0.6 is 0 Å². The minimum absolute atomic E-state index is 0.248. The summed E-state index contributed by atoms with van der Waals surface area (Å²) in [7, 11) is 1.72. The van der Waals surface area contributed by atoms with E-state index in [4.69, 9.17) is 5.73 Å². The van der Waals surface area contributed by atoms with Gasteiger partial charge in [0.2, 0.25) is 0 Å². The van der Waals surface area contributed by atoms with Gasteiger partial charge in [0.25, 0.3) is 5.91 Å². The Hall–Kier alpha value is -2.37. The van der Waals surface area contributed by atoms with Gasteiger partial charge in [0.15, 0.2) is 5.69 Å². The highest BCUT2D eigenvalue weighted by atomic mass is 16.1. The van der Waals surface area contributed by atoms with Gasteiger partial charge in [-0.25, -0.2) is 0 Å². The summed E-state index contributed by atoms with van der Waals surface area (Å²) >= 11 is 0. The molecule has 0 aliphatic heterocycles. The van der Waals surface area contributed by atoms with Crippen molar-refractivity contribution in [2.24, 2.45) is 7.05 Å². The van der Waals surface area contributed by atoms with Crippen molar-refractivity contribution in [3.8, 4) is 0 Å². The quantitative estimate of drug-likeness (QED) is 0.830. The van der Waals surface area contributed by atoms with Crippen molar-refractivity contribution < 1.29 is 4.79 Å². The number of hydrogen-bond donors (Lipinski definition) is 2. The van der Waals surface area contributed by atoms with Crippen LogP contribution in [-0.2, 0) is 13.6 Å². The fraction of sp³-hybridized carbons (Fsp3) is 0.250. The lowest BCUT2D eigenvalue weighted by molar-refractivity contribution is 0.0946. The highest BCUT2D eigenvalue weighted by molar-refractivity contribution is 5.96. The highest BCUT2D eigenvalue weighted by Gasteiger charge is 2.13. The maximum Gasteiger partial charge on any atom is 0.274 e. The van der Waals surface area contributed by atoms with E-state index in [2.05, 4.69) is 15.4 Å². The fourth-order valence-corrected chi connectivity index (χ4v) is 1.55. The SMILES string of the molecule is Cc1ccc(CNC(=O)c2nn(C)cc2N)cn1. The molecule has 0 fully saturated rings. The van der Waals surface area contributed by atoms with E-state index in [1.54, 1.807) is 19.4 Å². The molecule has 0 bridgehead atoms. The molecule has 2 heterocycles. The number of aryl methyl sites for hydroxylation is 2. The van der Waals surface area contributed by atoms with Gasteiger partial charge < -0.3 is 11.1 Å². The van der Waals surface area contributed by atoms with Crippen LogP contribution in [0, 0.1) is 6.92 Å². The Bertz CT molecular complexity index is 558. The molecule has 0 saturated carbocycles. The molecular formula is C12H15N5O. The predicted octanol–water partition coefficient (Wildman–Crippen LogP) is 0.636. The van der Waals surface area contributed by atoms with Crippen molar-refractivity contribution in [1.82, 2.24) is 20.1 Å². The van der Waals surface area contributed by atoms with Crippen LogP contribution in [0.4, 0.5) is 5.69 Å². The number of rotatable bonds is 3. The van der Waals surface area contributed by atoms with Gasteiger partial charge >= 0.3 is 0 Å². The van der Waals surface area contributed by atoms with Crippen molar-refractivity contribution in [2.75, 3.05) is 5.73 Å². The second-order valence-electron chi connectivity index (χ2n) is 4.10. The van der Waals surface area contributed by atoms with Gasteiger partial charge in [-0.1, -0.05) is 6.07 Å². The number of nitrogens with two attached hydrogens (primary N) is 1. The summed E-state index contributed by atoms with van der Waals surface area (Å²) in [6.45, 7) is 2.32. The summed E-state index contributed by atoms with van der Waals surface area (Å²) in [5, 5.41) is 6.75. The Morgan fingerprint density at radius 3 is 2.83 bits per heavy atom. The maximum atomic E-state index is 11.8. The van der Waals surface area contributed by atoms with E-state index in [0.717, 1.165) is 11.3 Å². The Morgan fingerprint density at radius 2 is 2.28 bits per heavy atom. The fourth-order valence-electron chi connectivity index (χ4n) is 1.55. The van der Waals surface area contributed by atoms with Gasteiger partial charge in [0.05, 0.1) is 5.69 Å². The number of amides is 1. The topological polar surface area (TPSA) is 85.8 Å². The molecule has 0 spiro atoms. The molecule has 94 valence electrons. The predicted molar refractivity (Wildman–Crippen MR) is 67.8 cm³/mol. The number of carbonyl (C=O) groups is 1. The smallest absolute Gasteiger partial charge is 0.274 e. The number of nitrogens with zero attached hydrogens (tertiary/aromatic N) is 3. The molecular weight excluding hydrogens is 230 g/mol. The minimum atomic E-state index is -0.284. The second-order valence-corrected chi connectivity index (χ2v) is 4.10. The van der Waals surface area contributed by atoms with Gasteiger partial charge in [0, 0.05) is 31.7 Å². The second kappa shape index (κ2) is 4.87. The van der Waals surface area contributed by atoms with Crippen LogP contribution in [-0.4, -0.2) is 20.7 Å². The lowest BCUT2D eigenvalue weighted by Crippen LogP contribution is -2.24. The van der Waals surface area contributed by atoms with E-state index in [1.807, 2.05) is 19.1 Å². The maximum absolute atomic E-state index is 11.8. The first kappa shape index (κ1) is 12.1. The zero-order valence-electron chi connectivity index (χ0n) is 10.3. The number of nitrogens with one attached hydrogen (secondary N) is 1. The van der Waals surface area contributed by atoms with Gasteiger partial charge in [-0.15, -0.1) is 0 Å². The van der Waals surface area contributed by atoms with Crippen LogP contribution in [0.5, 0.6) is 0 Å². The minimum Gasteiger partial charge on any atom is -0.396 e. The van der Waals surface area contributed by atoms with Crippen LogP contribution in [0.2, 0.25) is 0 Å². The van der Waals surface area contributed by atoms with E-state index in [1.165, 1.54) is 4.68 Å². The van der Waals surface area contributed by atoms with Crippen molar-refractivity contribution in [1.29, 1.82) is 0 Å². The van der Waals surface area contributed by atoms with Crippen LogP contribution < -0.4 is 11.1 Å².